The van der Waals surface area contributed by atoms with Gasteiger partial charge >= 0.3 is 0 Å². The number of nitrogens with one attached hydrogen (secondary N) is 2. The Balaban J connectivity index is 1.61. The van der Waals surface area contributed by atoms with Crippen molar-refractivity contribution in [3.05, 3.63) is 17.0 Å². The highest BCUT2D eigenvalue weighted by Crippen LogP contribution is 2.30. The smallest absolute Gasteiger partial charge is 0.224 e. The third kappa shape index (κ3) is 3.93. The molecule has 6 heteroatoms. The molecule has 3 rings (SSSR count). The van der Waals surface area contributed by atoms with Gasteiger partial charge in [-0.1, -0.05) is 0 Å². The highest BCUT2D eigenvalue weighted by molar-refractivity contribution is 5.79. The summed E-state index contributed by atoms with van der Waals surface area (Å²) in [7, 11) is 0. The van der Waals surface area contributed by atoms with Gasteiger partial charge in [0.25, 0.3) is 0 Å². The quantitative estimate of drug-likeness (QED) is 0.881. The van der Waals surface area contributed by atoms with E-state index in [4.69, 9.17) is 9.47 Å². The predicted octanol–water partition coefficient (Wildman–Crippen LogP) is 1.52. The van der Waals surface area contributed by atoms with Crippen molar-refractivity contribution in [2.75, 3.05) is 26.4 Å². The molecule has 1 amide bonds. The first-order valence-corrected chi connectivity index (χ1v) is 8.60. The van der Waals surface area contributed by atoms with E-state index in [9.17, 15) is 4.79 Å². The van der Waals surface area contributed by atoms with E-state index in [-0.39, 0.29) is 11.9 Å². The molecule has 2 aliphatic heterocycles. The average molecular weight is 321 g/mol. The van der Waals surface area contributed by atoms with Crippen LogP contribution < -0.4 is 5.32 Å². The third-order valence-electron chi connectivity index (χ3n) is 5.24. The summed E-state index contributed by atoms with van der Waals surface area (Å²) in [5.74, 6) is 1.08. The molecule has 0 radical (unpaired) electrons. The number of hydrogen-bond donors (Lipinski definition) is 2. The van der Waals surface area contributed by atoms with Crippen LogP contribution in [-0.4, -0.2) is 48.6 Å². The molecule has 2 atom stereocenters. The first kappa shape index (κ1) is 16.5. The second-order valence-electron chi connectivity index (χ2n) is 6.74. The first-order chi connectivity index (χ1) is 11.1. The van der Waals surface area contributed by atoms with E-state index in [1.165, 1.54) is 0 Å². The van der Waals surface area contributed by atoms with Crippen LogP contribution >= 0.6 is 0 Å². The van der Waals surface area contributed by atoms with E-state index in [0.29, 0.717) is 18.3 Å². The summed E-state index contributed by atoms with van der Waals surface area (Å²) < 4.78 is 11.1. The van der Waals surface area contributed by atoms with Crippen molar-refractivity contribution < 1.29 is 14.3 Å². The highest BCUT2D eigenvalue weighted by Gasteiger charge is 2.34. The fourth-order valence-electron chi connectivity index (χ4n) is 3.80. The monoisotopic (exact) mass is 321 g/mol. The molecule has 0 unspecified atom stereocenters. The molecular weight excluding hydrogens is 294 g/mol. The Morgan fingerprint density at radius 2 is 1.96 bits per heavy atom. The van der Waals surface area contributed by atoms with Gasteiger partial charge < -0.3 is 14.8 Å². The molecule has 2 aliphatic rings. The molecule has 0 saturated carbocycles. The van der Waals surface area contributed by atoms with E-state index < -0.39 is 0 Å². The molecule has 2 N–H and O–H groups in total. The number of nitrogens with zero attached hydrogens (tertiary/aromatic N) is 1. The van der Waals surface area contributed by atoms with Crippen molar-refractivity contribution in [2.45, 2.75) is 45.6 Å². The van der Waals surface area contributed by atoms with Crippen LogP contribution in [0.2, 0.25) is 0 Å². The maximum Gasteiger partial charge on any atom is 0.224 e. The largest absolute Gasteiger partial charge is 0.381 e. The molecule has 128 valence electrons. The average Bonchev–Trinajstić information content (AvgIpc) is 2.88. The number of ether oxygens (including phenoxy) is 2. The number of carbonyl (C=O) groups excluding carboxylic acids is 1. The summed E-state index contributed by atoms with van der Waals surface area (Å²) in [4.78, 5) is 12.5. The van der Waals surface area contributed by atoms with Crippen LogP contribution in [0.25, 0.3) is 0 Å². The molecule has 1 aromatic rings. The van der Waals surface area contributed by atoms with Crippen molar-refractivity contribution in [3.8, 4) is 0 Å². The van der Waals surface area contributed by atoms with E-state index >= 15 is 0 Å². The fourth-order valence-corrected chi connectivity index (χ4v) is 3.80. The molecular formula is C17H27N3O3. The number of amides is 1. The minimum absolute atomic E-state index is 0.0848. The van der Waals surface area contributed by atoms with E-state index in [2.05, 4.69) is 15.5 Å². The van der Waals surface area contributed by atoms with Gasteiger partial charge in [-0.3, -0.25) is 9.89 Å². The van der Waals surface area contributed by atoms with Gasteiger partial charge in [-0.15, -0.1) is 0 Å². The second-order valence-corrected chi connectivity index (χ2v) is 6.74. The fraction of sp³-hybridized carbons (Fsp3) is 0.765. The van der Waals surface area contributed by atoms with Gasteiger partial charge in [-0.2, -0.15) is 5.10 Å². The first-order valence-electron chi connectivity index (χ1n) is 8.60. The van der Waals surface area contributed by atoms with Crippen LogP contribution in [0.3, 0.4) is 0 Å². The Labute approximate surface area is 137 Å². The minimum atomic E-state index is 0.0848. The van der Waals surface area contributed by atoms with E-state index in [1.54, 1.807) is 0 Å². The molecule has 6 nitrogen and oxygen atoms in total. The lowest BCUT2D eigenvalue weighted by atomic mass is 9.79. The van der Waals surface area contributed by atoms with E-state index in [0.717, 1.165) is 62.6 Å². The lowest BCUT2D eigenvalue weighted by molar-refractivity contribution is -0.123. The summed E-state index contributed by atoms with van der Waals surface area (Å²) in [6.45, 7) is 7.03. The summed E-state index contributed by atoms with van der Waals surface area (Å²) in [5.41, 5.74) is 2.90. The summed E-state index contributed by atoms with van der Waals surface area (Å²) in [6, 6.07) is 0.215. The minimum Gasteiger partial charge on any atom is -0.381 e. The van der Waals surface area contributed by atoms with Crippen molar-refractivity contribution in [1.29, 1.82) is 0 Å². The van der Waals surface area contributed by atoms with Gasteiger partial charge in [-0.05, 0) is 39.0 Å². The Hall–Kier alpha value is -1.40. The molecule has 0 aliphatic carbocycles. The zero-order chi connectivity index (χ0) is 16.2. The van der Waals surface area contributed by atoms with Gasteiger partial charge in [0.2, 0.25) is 5.91 Å². The van der Waals surface area contributed by atoms with Gasteiger partial charge in [0.1, 0.15) is 0 Å². The molecule has 23 heavy (non-hydrogen) atoms. The number of carbonyl (C=O) groups is 1. The van der Waals surface area contributed by atoms with Crippen molar-refractivity contribution in [1.82, 2.24) is 15.5 Å². The SMILES string of the molecule is Cc1n[nH]c(C)c1CC(=O)N[C@H]1CCOC[C@H]1C1CCOCC1. The normalized spacial score (nSPS) is 26.2. The number of aromatic amines is 1. The van der Waals surface area contributed by atoms with Crippen LogP contribution in [0.5, 0.6) is 0 Å². The van der Waals surface area contributed by atoms with Gasteiger partial charge in [0.05, 0.1) is 18.7 Å². The lowest BCUT2D eigenvalue weighted by Gasteiger charge is -2.39. The molecule has 0 bridgehead atoms. The molecule has 2 fully saturated rings. The molecule has 0 aromatic carbocycles. The Morgan fingerprint density at radius 3 is 2.65 bits per heavy atom. The molecule has 2 saturated heterocycles. The zero-order valence-electron chi connectivity index (χ0n) is 14.1. The Bertz CT molecular complexity index is 518. The van der Waals surface area contributed by atoms with Crippen LogP contribution in [0.15, 0.2) is 0 Å². The molecule has 1 aromatic heterocycles. The van der Waals surface area contributed by atoms with Gasteiger partial charge in [-0.25, -0.2) is 0 Å². The maximum absolute atomic E-state index is 12.5. The topological polar surface area (TPSA) is 76.2 Å². The van der Waals surface area contributed by atoms with E-state index in [1.807, 2.05) is 13.8 Å². The highest BCUT2D eigenvalue weighted by atomic mass is 16.5. The van der Waals surface area contributed by atoms with Crippen molar-refractivity contribution in [2.24, 2.45) is 11.8 Å². The summed E-state index contributed by atoms with van der Waals surface area (Å²) >= 11 is 0. The standard InChI is InChI=1S/C17H27N3O3/c1-11-14(12(2)20-19-11)9-17(21)18-16-5-8-23-10-15(16)13-3-6-22-7-4-13/h13,15-16H,3-10H2,1-2H3,(H,18,21)(H,19,20)/t15-,16-/m0/s1. The maximum atomic E-state index is 12.5. The Morgan fingerprint density at radius 1 is 1.22 bits per heavy atom. The second kappa shape index (κ2) is 7.45. The van der Waals surface area contributed by atoms with Crippen molar-refractivity contribution in [3.63, 3.8) is 0 Å². The number of aromatic nitrogens is 2. The van der Waals surface area contributed by atoms with Crippen LogP contribution in [0.4, 0.5) is 0 Å². The third-order valence-corrected chi connectivity index (χ3v) is 5.24. The lowest BCUT2D eigenvalue weighted by Crippen LogP contribution is -2.49. The molecule has 0 spiro atoms. The summed E-state index contributed by atoms with van der Waals surface area (Å²) in [6.07, 6.45) is 3.43. The number of rotatable bonds is 4. The number of hydrogen-bond acceptors (Lipinski definition) is 4. The zero-order valence-corrected chi connectivity index (χ0v) is 14.1. The number of aryl methyl sites for hydroxylation is 2. The van der Waals surface area contributed by atoms with Crippen molar-refractivity contribution >= 4 is 5.91 Å². The van der Waals surface area contributed by atoms with Crippen LogP contribution in [-0.2, 0) is 20.7 Å². The molecule has 3 heterocycles. The summed E-state index contributed by atoms with van der Waals surface area (Å²) in [5, 5.41) is 10.4. The van der Waals surface area contributed by atoms with Crippen LogP contribution in [0.1, 0.15) is 36.2 Å². The Kier molecular flexibility index (Phi) is 5.33. The van der Waals surface area contributed by atoms with Gasteiger partial charge in [0.15, 0.2) is 0 Å². The van der Waals surface area contributed by atoms with Gasteiger partial charge in [0, 0.05) is 43.0 Å². The number of H-pyrrole nitrogens is 1. The van der Waals surface area contributed by atoms with Crippen LogP contribution in [0, 0.1) is 25.7 Å². The predicted molar refractivity (Wildman–Crippen MR) is 86.2 cm³/mol.